The lowest BCUT2D eigenvalue weighted by Gasteiger charge is -2.38. The number of aromatic nitrogens is 2. The summed E-state index contributed by atoms with van der Waals surface area (Å²) >= 11 is 0. The number of carbonyl (C=O) groups excluding carboxylic acids is 1. The van der Waals surface area contributed by atoms with E-state index in [4.69, 9.17) is 5.73 Å². The van der Waals surface area contributed by atoms with E-state index in [2.05, 4.69) is 5.10 Å². The smallest absolute Gasteiger partial charge is 0.244 e. The van der Waals surface area contributed by atoms with Gasteiger partial charge in [-0.05, 0) is 25.7 Å². The average Bonchev–Trinajstić information content (AvgIpc) is 2.90. The minimum Gasteiger partial charge on any atom is -0.393 e. The second-order valence-electron chi connectivity index (χ2n) is 5.68. The molecule has 0 aliphatic carbocycles. The quantitative estimate of drug-likeness (QED) is 0.783. The second kappa shape index (κ2) is 4.61. The van der Waals surface area contributed by atoms with Crippen molar-refractivity contribution in [2.24, 2.45) is 12.8 Å². The van der Waals surface area contributed by atoms with E-state index in [1.165, 1.54) is 0 Å². The Labute approximate surface area is 112 Å². The fourth-order valence-electron chi connectivity index (χ4n) is 3.41. The number of hydrogen-bond acceptors (Lipinski definition) is 4. The Bertz CT molecular complexity index is 473. The number of aryl methyl sites for hydroxylation is 1. The number of nitrogens with zero attached hydrogens (tertiary/aromatic N) is 3. The number of amides is 1. The highest BCUT2D eigenvalue weighted by Crippen LogP contribution is 2.37. The van der Waals surface area contributed by atoms with Crippen molar-refractivity contribution >= 4 is 5.91 Å². The fourth-order valence-corrected chi connectivity index (χ4v) is 3.41. The largest absolute Gasteiger partial charge is 0.393 e. The van der Waals surface area contributed by atoms with Crippen molar-refractivity contribution in [3.8, 4) is 0 Å². The molecule has 3 heterocycles. The van der Waals surface area contributed by atoms with E-state index in [1.807, 2.05) is 11.9 Å². The topological polar surface area (TPSA) is 84.4 Å². The van der Waals surface area contributed by atoms with Gasteiger partial charge in [-0.15, -0.1) is 0 Å². The van der Waals surface area contributed by atoms with Gasteiger partial charge < -0.3 is 15.7 Å². The average molecular weight is 264 g/mol. The maximum absolute atomic E-state index is 12.6. The van der Waals surface area contributed by atoms with Crippen LogP contribution in [0.3, 0.4) is 0 Å². The monoisotopic (exact) mass is 264 g/mol. The lowest BCUT2D eigenvalue weighted by atomic mass is 9.98. The van der Waals surface area contributed by atoms with Gasteiger partial charge in [0.05, 0.1) is 12.3 Å². The SMILES string of the molecule is Cn1cc(C(N)C(=O)N2C3CCC2CC(O)C3)cn1. The molecule has 3 rings (SSSR count). The molecule has 2 aliphatic heterocycles. The van der Waals surface area contributed by atoms with E-state index in [-0.39, 0.29) is 24.1 Å². The third-order valence-electron chi connectivity index (χ3n) is 4.31. The number of carbonyl (C=O) groups is 1. The number of rotatable bonds is 2. The first kappa shape index (κ1) is 12.6. The Balaban J connectivity index is 1.77. The maximum Gasteiger partial charge on any atom is 0.244 e. The summed E-state index contributed by atoms with van der Waals surface area (Å²) in [6.07, 6.45) is 6.48. The summed E-state index contributed by atoms with van der Waals surface area (Å²) in [5, 5.41) is 13.8. The molecule has 3 atom stereocenters. The van der Waals surface area contributed by atoms with Crippen LogP contribution in [0, 0.1) is 0 Å². The molecule has 1 aromatic rings. The van der Waals surface area contributed by atoms with Crippen LogP contribution < -0.4 is 5.73 Å². The summed E-state index contributed by atoms with van der Waals surface area (Å²) in [4.78, 5) is 14.5. The minimum atomic E-state index is -0.646. The molecular formula is C13H20N4O2. The Kier molecular flexibility index (Phi) is 3.06. The van der Waals surface area contributed by atoms with Gasteiger partial charge in [-0.1, -0.05) is 0 Å². The van der Waals surface area contributed by atoms with Gasteiger partial charge in [0.25, 0.3) is 0 Å². The fraction of sp³-hybridized carbons (Fsp3) is 0.692. The normalized spacial score (nSPS) is 31.5. The first-order chi connectivity index (χ1) is 9.06. The van der Waals surface area contributed by atoms with Crippen molar-refractivity contribution in [2.45, 2.75) is 49.9 Å². The molecule has 104 valence electrons. The van der Waals surface area contributed by atoms with Crippen molar-refractivity contribution in [3.05, 3.63) is 18.0 Å². The summed E-state index contributed by atoms with van der Waals surface area (Å²) in [6.45, 7) is 0. The van der Waals surface area contributed by atoms with Crippen molar-refractivity contribution in [1.29, 1.82) is 0 Å². The molecule has 6 nitrogen and oxygen atoms in total. The molecule has 6 heteroatoms. The summed E-state index contributed by atoms with van der Waals surface area (Å²) in [7, 11) is 1.81. The van der Waals surface area contributed by atoms with Gasteiger partial charge in [0.1, 0.15) is 6.04 Å². The first-order valence-corrected chi connectivity index (χ1v) is 6.80. The van der Waals surface area contributed by atoms with Crippen LogP contribution in [-0.2, 0) is 11.8 Å². The number of fused-ring (bicyclic) bond motifs is 2. The van der Waals surface area contributed by atoms with E-state index in [1.54, 1.807) is 17.1 Å². The highest BCUT2D eigenvalue weighted by Gasteiger charge is 2.44. The third kappa shape index (κ3) is 2.15. The van der Waals surface area contributed by atoms with Crippen LogP contribution in [0.2, 0.25) is 0 Å². The molecule has 1 aromatic heterocycles. The van der Waals surface area contributed by atoms with Crippen LogP contribution in [0.4, 0.5) is 0 Å². The van der Waals surface area contributed by atoms with E-state index in [0.717, 1.165) is 18.4 Å². The summed E-state index contributed by atoms with van der Waals surface area (Å²) in [5.74, 6) is -0.0348. The third-order valence-corrected chi connectivity index (χ3v) is 4.31. The van der Waals surface area contributed by atoms with E-state index in [9.17, 15) is 9.90 Å². The molecule has 0 aromatic carbocycles. The van der Waals surface area contributed by atoms with Crippen molar-refractivity contribution < 1.29 is 9.90 Å². The van der Waals surface area contributed by atoms with Gasteiger partial charge in [0, 0.05) is 30.9 Å². The molecule has 2 saturated heterocycles. The standard InChI is InChI=1S/C13H20N4O2/c1-16-7-8(6-15-16)12(14)13(19)17-9-2-3-10(17)5-11(18)4-9/h6-7,9-12,18H,2-5,14H2,1H3. The Hall–Kier alpha value is -1.40. The molecule has 2 bridgehead atoms. The molecule has 2 fully saturated rings. The number of aliphatic hydroxyl groups excluding tert-OH is 1. The molecule has 2 aliphatic rings. The number of aliphatic hydroxyl groups is 1. The zero-order valence-electron chi connectivity index (χ0n) is 11.1. The van der Waals surface area contributed by atoms with Crippen LogP contribution in [0.15, 0.2) is 12.4 Å². The van der Waals surface area contributed by atoms with Crippen LogP contribution in [0.25, 0.3) is 0 Å². The first-order valence-electron chi connectivity index (χ1n) is 6.80. The highest BCUT2D eigenvalue weighted by molar-refractivity contribution is 5.84. The van der Waals surface area contributed by atoms with Gasteiger partial charge in [-0.25, -0.2) is 0 Å². The predicted octanol–water partition coefficient (Wildman–Crippen LogP) is -0.0658. The lowest BCUT2D eigenvalue weighted by molar-refractivity contribution is -0.139. The van der Waals surface area contributed by atoms with Gasteiger partial charge in [0.15, 0.2) is 0 Å². The zero-order valence-corrected chi connectivity index (χ0v) is 11.1. The van der Waals surface area contributed by atoms with Crippen molar-refractivity contribution in [2.75, 3.05) is 0 Å². The molecular weight excluding hydrogens is 244 g/mol. The predicted molar refractivity (Wildman–Crippen MR) is 69.0 cm³/mol. The summed E-state index contributed by atoms with van der Waals surface area (Å²) in [6, 6.07) is -0.333. The molecule has 3 unspecified atom stereocenters. The molecule has 3 N–H and O–H groups in total. The molecule has 0 spiro atoms. The van der Waals surface area contributed by atoms with Gasteiger partial charge >= 0.3 is 0 Å². The van der Waals surface area contributed by atoms with Crippen molar-refractivity contribution in [3.63, 3.8) is 0 Å². The summed E-state index contributed by atoms with van der Waals surface area (Å²) < 4.78 is 1.65. The van der Waals surface area contributed by atoms with Crippen LogP contribution in [-0.4, -0.2) is 43.9 Å². The summed E-state index contributed by atoms with van der Waals surface area (Å²) in [5.41, 5.74) is 6.81. The van der Waals surface area contributed by atoms with Crippen molar-refractivity contribution in [1.82, 2.24) is 14.7 Å². The number of hydrogen-bond donors (Lipinski definition) is 2. The number of piperidine rings is 1. The van der Waals surface area contributed by atoms with Gasteiger partial charge in [-0.2, -0.15) is 5.10 Å². The maximum atomic E-state index is 12.6. The lowest BCUT2D eigenvalue weighted by Crippen LogP contribution is -2.50. The van der Waals surface area contributed by atoms with Crippen LogP contribution in [0.1, 0.15) is 37.3 Å². The molecule has 0 radical (unpaired) electrons. The second-order valence-corrected chi connectivity index (χ2v) is 5.68. The molecule has 0 saturated carbocycles. The van der Waals surface area contributed by atoms with Gasteiger partial charge in [0.2, 0.25) is 5.91 Å². The minimum absolute atomic E-state index is 0.0348. The highest BCUT2D eigenvalue weighted by atomic mass is 16.3. The number of nitrogens with two attached hydrogens (primary N) is 1. The Morgan fingerprint density at radius 2 is 2.11 bits per heavy atom. The van der Waals surface area contributed by atoms with E-state index < -0.39 is 6.04 Å². The van der Waals surface area contributed by atoms with Crippen LogP contribution in [0.5, 0.6) is 0 Å². The zero-order chi connectivity index (χ0) is 13.6. The Morgan fingerprint density at radius 3 is 2.63 bits per heavy atom. The van der Waals surface area contributed by atoms with E-state index >= 15 is 0 Å². The molecule has 1 amide bonds. The van der Waals surface area contributed by atoms with E-state index in [0.29, 0.717) is 12.8 Å². The van der Waals surface area contributed by atoms with Gasteiger partial charge in [-0.3, -0.25) is 9.48 Å². The Morgan fingerprint density at radius 1 is 1.47 bits per heavy atom. The molecule has 19 heavy (non-hydrogen) atoms. The van der Waals surface area contributed by atoms with Crippen LogP contribution >= 0.6 is 0 Å².